The van der Waals surface area contributed by atoms with Crippen molar-refractivity contribution >= 4 is 20.9 Å². The van der Waals surface area contributed by atoms with Crippen molar-refractivity contribution in [2.24, 2.45) is 0 Å². The Morgan fingerprint density at radius 3 is 2.39 bits per heavy atom. The van der Waals surface area contributed by atoms with Gasteiger partial charge in [-0.15, -0.1) is 0 Å². The fraction of sp³-hybridized carbons (Fsp3) is 0.231. The van der Waals surface area contributed by atoms with Crippen molar-refractivity contribution in [2.45, 2.75) is 12.8 Å². The average molecular weight is 272 g/mol. The van der Waals surface area contributed by atoms with Crippen LogP contribution < -0.4 is 29.6 Å². The first kappa shape index (κ1) is 15.7. The van der Waals surface area contributed by atoms with Gasteiger partial charge in [0.1, 0.15) is 0 Å². The molecule has 3 nitrogen and oxygen atoms in total. The Kier molecular flexibility index (Phi) is 5.82. The van der Waals surface area contributed by atoms with E-state index in [0.717, 1.165) is 16.3 Å². The first-order valence-electron chi connectivity index (χ1n) is 5.46. The molecule has 0 bridgehead atoms. The Hall–Kier alpha value is -0.390. The summed E-state index contributed by atoms with van der Waals surface area (Å²) in [5.74, 6) is -0.295. The zero-order chi connectivity index (χ0) is 12.3. The van der Waals surface area contributed by atoms with Crippen LogP contribution in [0.3, 0.4) is 0 Å². The standard InChI is InChI=1S/C13H14O3S.Na/c14-17(15,16)10-4-8-12-7-3-6-11-5-1-2-9-13(11)12;/h1-3,5-7,9H,4,8,10H2,(H,14,15,16);/q;+1/p-1. The van der Waals surface area contributed by atoms with Crippen LogP contribution in [-0.2, 0) is 16.5 Å². The molecule has 0 fully saturated rings. The Balaban J connectivity index is 0.00000162. The molecule has 0 atom stereocenters. The summed E-state index contributed by atoms with van der Waals surface area (Å²) in [5.41, 5.74) is 1.09. The number of aryl methyl sites for hydroxylation is 1. The van der Waals surface area contributed by atoms with E-state index < -0.39 is 10.1 Å². The maximum atomic E-state index is 10.5. The van der Waals surface area contributed by atoms with Crippen molar-refractivity contribution in [2.75, 3.05) is 5.75 Å². The van der Waals surface area contributed by atoms with Gasteiger partial charge in [-0.2, -0.15) is 0 Å². The van der Waals surface area contributed by atoms with Crippen LogP contribution >= 0.6 is 0 Å². The number of hydrogen-bond donors (Lipinski definition) is 0. The van der Waals surface area contributed by atoms with E-state index in [1.54, 1.807) is 0 Å². The Bertz CT molecular complexity index is 618. The van der Waals surface area contributed by atoms with Gasteiger partial charge in [-0.25, -0.2) is 8.42 Å². The van der Waals surface area contributed by atoms with Gasteiger partial charge in [-0.05, 0) is 29.2 Å². The van der Waals surface area contributed by atoms with Crippen molar-refractivity contribution in [1.29, 1.82) is 0 Å². The third-order valence-electron chi connectivity index (χ3n) is 2.72. The molecule has 0 unspecified atom stereocenters. The summed E-state index contributed by atoms with van der Waals surface area (Å²) in [4.78, 5) is 0. The Labute approximate surface area is 129 Å². The number of rotatable bonds is 4. The summed E-state index contributed by atoms with van der Waals surface area (Å²) in [6.07, 6.45) is 0.989. The molecular weight excluding hydrogens is 259 g/mol. The number of fused-ring (bicyclic) bond motifs is 1. The van der Waals surface area contributed by atoms with Crippen molar-refractivity contribution in [1.82, 2.24) is 0 Å². The van der Waals surface area contributed by atoms with Crippen LogP contribution in [0.15, 0.2) is 42.5 Å². The number of hydrogen-bond acceptors (Lipinski definition) is 3. The predicted molar refractivity (Wildman–Crippen MR) is 66.8 cm³/mol. The van der Waals surface area contributed by atoms with Crippen LogP contribution in [0.1, 0.15) is 12.0 Å². The minimum atomic E-state index is -4.10. The second-order valence-corrected chi connectivity index (χ2v) is 5.53. The van der Waals surface area contributed by atoms with Crippen LogP contribution in [0, 0.1) is 0 Å². The molecule has 0 radical (unpaired) electrons. The monoisotopic (exact) mass is 272 g/mol. The van der Waals surface area contributed by atoms with Gasteiger partial charge in [0.05, 0.1) is 10.1 Å². The molecule has 0 saturated heterocycles. The minimum Gasteiger partial charge on any atom is -0.748 e. The van der Waals surface area contributed by atoms with Crippen LogP contribution in [0.5, 0.6) is 0 Å². The summed E-state index contributed by atoms with van der Waals surface area (Å²) in [7, 11) is -4.10. The van der Waals surface area contributed by atoms with E-state index in [4.69, 9.17) is 0 Å². The molecule has 0 saturated carbocycles. The number of benzene rings is 2. The van der Waals surface area contributed by atoms with Gasteiger partial charge in [0.2, 0.25) is 0 Å². The molecular formula is C13H13NaO3S. The third-order valence-corrected chi connectivity index (χ3v) is 3.51. The van der Waals surface area contributed by atoms with Gasteiger partial charge >= 0.3 is 29.6 Å². The van der Waals surface area contributed by atoms with Crippen molar-refractivity contribution in [3.63, 3.8) is 0 Å². The van der Waals surface area contributed by atoms with E-state index in [1.807, 2.05) is 42.5 Å². The van der Waals surface area contributed by atoms with E-state index in [1.165, 1.54) is 0 Å². The van der Waals surface area contributed by atoms with Crippen LogP contribution in [0.4, 0.5) is 0 Å². The molecule has 2 rings (SSSR count). The molecule has 0 aromatic heterocycles. The molecule has 90 valence electrons. The summed E-state index contributed by atoms with van der Waals surface area (Å²) < 4.78 is 31.6. The van der Waals surface area contributed by atoms with E-state index in [9.17, 15) is 13.0 Å². The second-order valence-electron chi connectivity index (χ2n) is 4.00. The van der Waals surface area contributed by atoms with Crippen molar-refractivity contribution in [3.8, 4) is 0 Å². The van der Waals surface area contributed by atoms with Gasteiger partial charge < -0.3 is 4.55 Å². The molecule has 5 heteroatoms. The van der Waals surface area contributed by atoms with Gasteiger partial charge in [0.25, 0.3) is 0 Å². The zero-order valence-electron chi connectivity index (χ0n) is 10.3. The van der Waals surface area contributed by atoms with E-state index in [0.29, 0.717) is 12.8 Å². The summed E-state index contributed by atoms with van der Waals surface area (Å²) in [5, 5.41) is 2.26. The molecule has 2 aromatic rings. The first-order valence-corrected chi connectivity index (χ1v) is 7.04. The van der Waals surface area contributed by atoms with Crippen LogP contribution in [0.2, 0.25) is 0 Å². The average Bonchev–Trinajstić information content (AvgIpc) is 2.28. The van der Waals surface area contributed by atoms with Crippen LogP contribution in [0.25, 0.3) is 10.8 Å². The molecule has 0 spiro atoms. The van der Waals surface area contributed by atoms with Gasteiger partial charge in [-0.1, -0.05) is 42.5 Å². The van der Waals surface area contributed by atoms with E-state index in [-0.39, 0.29) is 35.3 Å². The minimum absolute atomic E-state index is 0. The maximum Gasteiger partial charge on any atom is 1.00 e. The van der Waals surface area contributed by atoms with E-state index in [2.05, 4.69) is 0 Å². The topological polar surface area (TPSA) is 57.2 Å². The zero-order valence-corrected chi connectivity index (χ0v) is 13.1. The molecule has 0 amide bonds. The van der Waals surface area contributed by atoms with Gasteiger partial charge in [0, 0.05) is 5.75 Å². The van der Waals surface area contributed by atoms with Gasteiger partial charge in [-0.3, -0.25) is 0 Å². The van der Waals surface area contributed by atoms with Crippen molar-refractivity contribution < 1.29 is 42.5 Å². The molecule has 0 N–H and O–H groups in total. The smallest absolute Gasteiger partial charge is 0.748 e. The SMILES string of the molecule is O=S(=O)([O-])CCCc1cccc2ccccc12.[Na+]. The first-order chi connectivity index (χ1) is 8.06. The molecule has 0 aliphatic rings. The fourth-order valence-corrected chi connectivity index (χ4v) is 2.45. The largest absolute Gasteiger partial charge is 1.00 e. The summed E-state index contributed by atoms with van der Waals surface area (Å²) in [6, 6.07) is 13.9. The molecule has 2 aromatic carbocycles. The van der Waals surface area contributed by atoms with Crippen molar-refractivity contribution in [3.05, 3.63) is 48.0 Å². The normalized spacial score (nSPS) is 11.2. The Morgan fingerprint density at radius 1 is 1.00 bits per heavy atom. The van der Waals surface area contributed by atoms with Crippen LogP contribution in [-0.4, -0.2) is 18.7 Å². The summed E-state index contributed by atoms with van der Waals surface area (Å²) >= 11 is 0. The second kappa shape index (κ2) is 6.68. The van der Waals surface area contributed by atoms with Gasteiger partial charge in [0.15, 0.2) is 0 Å². The quantitative estimate of drug-likeness (QED) is 0.547. The molecule has 0 heterocycles. The van der Waals surface area contributed by atoms with E-state index >= 15 is 0 Å². The molecule has 0 aliphatic heterocycles. The molecule has 0 aliphatic carbocycles. The molecule has 18 heavy (non-hydrogen) atoms. The third kappa shape index (κ3) is 4.37. The Morgan fingerprint density at radius 2 is 1.67 bits per heavy atom. The maximum absolute atomic E-state index is 10.5. The fourth-order valence-electron chi connectivity index (χ4n) is 1.95. The summed E-state index contributed by atoms with van der Waals surface area (Å²) in [6.45, 7) is 0. The predicted octanol–water partition coefficient (Wildman–Crippen LogP) is -0.678.